The van der Waals surface area contributed by atoms with Crippen LogP contribution >= 0.6 is 0 Å². The number of rotatable bonds is 2. The zero-order valence-electron chi connectivity index (χ0n) is 11.9. The maximum atomic E-state index is 9.15. The molecule has 2 heterocycles. The monoisotopic (exact) mass is 260 g/mol. The van der Waals surface area contributed by atoms with Gasteiger partial charge in [0.25, 0.3) is 0 Å². The molecule has 0 aromatic carbocycles. The molecule has 0 atom stereocenters. The predicted molar refractivity (Wildman–Crippen MR) is 77.2 cm³/mol. The lowest BCUT2D eigenvalue weighted by Gasteiger charge is -2.40. The number of hydrogen-bond acceptors (Lipinski definition) is 3. The highest BCUT2D eigenvalue weighted by molar-refractivity contribution is 5.47. The van der Waals surface area contributed by atoms with E-state index in [1.165, 1.54) is 44.1 Å². The second-order valence-electron chi connectivity index (χ2n) is 6.34. The second-order valence-corrected chi connectivity index (χ2v) is 6.34. The Morgan fingerprint density at radius 2 is 1.89 bits per heavy atom. The van der Waals surface area contributed by atoms with Gasteiger partial charge >= 0.3 is 0 Å². The van der Waals surface area contributed by atoms with Gasteiger partial charge in [0.15, 0.2) is 0 Å². The van der Waals surface area contributed by atoms with E-state index < -0.39 is 0 Å². The van der Waals surface area contributed by atoms with Crippen LogP contribution in [0.1, 0.15) is 49.7 Å². The largest absolute Gasteiger partial charge is 0.392 e. The molecule has 3 heteroatoms. The number of anilines is 1. The molecule has 1 aromatic heterocycles. The molecule has 1 aliphatic heterocycles. The van der Waals surface area contributed by atoms with E-state index in [1.807, 2.05) is 6.20 Å². The van der Waals surface area contributed by atoms with Crippen molar-refractivity contribution in [2.24, 2.45) is 5.41 Å². The molecule has 0 amide bonds. The minimum Gasteiger partial charge on any atom is -0.392 e. The smallest absolute Gasteiger partial charge is 0.131 e. The molecule has 1 aromatic rings. The van der Waals surface area contributed by atoms with Gasteiger partial charge < -0.3 is 10.0 Å². The maximum absolute atomic E-state index is 9.15. The van der Waals surface area contributed by atoms with E-state index in [1.54, 1.807) is 0 Å². The number of nitrogens with zero attached hydrogens (tertiary/aromatic N) is 2. The SMILES string of the molecule is Cc1cc(CO)cnc1N1CCC2(CCCC2)CC1. The minimum absolute atomic E-state index is 0.0806. The van der Waals surface area contributed by atoms with E-state index in [2.05, 4.69) is 22.9 Å². The zero-order valence-corrected chi connectivity index (χ0v) is 11.9. The topological polar surface area (TPSA) is 36.4 Å². The summed E-state index contributed by atoms with van der Waals surface area (Å²) in [6.45, 7) is 4.47. The predicted octanol–water partition coefficient (Wildman–Crippen LogP) is 3.04. The Labute approximate surface area is 115 Å². The third kappa shape index (κ3) is 2.48. The van der Waals surface area contributed by atoms with Crippen molar-refractivity contribution in [3.05, 3.63) is 23.4 Å². The summed E-state index contributed by atoms with van der Waals surface area (Å²) >= 11 is 0. The molecular weight excluding hydrogens is 236 g/mol. The number of hydrogen-bond donors (Lipinski definition) is 1. The van der Waals surface area contributed by atoms with Crippen LogP contribution in [0.3, 0.4) is 0 Å². The van der Waals surface area contributed by atoms with Crippen LogP contribution in [0.5, 0.6) is 0 Å². The van der Waals surface area contributed by atoms with Crippen molar-refractivity contribution >= 4 is 5.82 Å². The summed E-state index contributed by atoms with van der Waals surface area (Å²) in [5.41, 5.74) is 2.76. The Kier molecular flexibility index (Phi) is 3.48. The van der Waals surface area contributed by atoms with Gasteiger partial charge in [-0.15, -0.1) is 0 Å². The van der Waals surface area contributed by atoms with Crippen LogP contribution in [0, 0.1) is 12.3 Å². The number of aromatic nitrogens is 1. The van der Waals surface area contributed by atoms with Gasteiger partial charge in [0.2, 0.25) is 0 Å². The molecule has 0 bridgehead atoms. The van der Waals surface area contributed by atoms with Crippen molar-refractivity contribution in [3.8, 4) is 0 Å². The van der Waals surface area contributed by atoms with Gasteiger partial charge in [0, 0.05) is 19.3 Å². The van der Waals surface area contributed by atoms with E-state index in [0.717, 1.165) is 24.5 Å². The fourth-order valence-corrected chi connectivity index (χ4v) is 3.86. The first-order chi connectivity index (χ1) is 9.22. The molecule has 2 aliphatic rings. The Morgan fingerprint density at radius 1 is 1.21 bits per heavy atom. The summed E-state index contributed by atoms with van der Waals surface area (Å²) < 4.78 is 0. The van der Waals surface area contributed by atoms with E-state index in [0.29, 0.717) is 5.41 Å². The lowest BCUT2D eigenvalue weighted by molar-refractivity contribution is 0.226. The van der Waals surface area contributed by atoms with Gasteiger partial charge in [-0.3, -0.25) is 0 Å². The molecule has 1 N–H and O–H groups in total. The summed E-state index contributed by atoms with van der Waals surface area (Å²) in [5, 5.41) is 9.15. The van der Waals surface area contributed by atoms with Crippen molar-refractivity contribution in [3.63, 3.8) is 0 Å². The highest BCUT2D eigenvalue weighted by Crippen LogP contribution is 2.46. The fourth-order valence-electron chi connectivity index (χ4n) is 3.86. The van der Waals surface area contributed by atoms with Gasteiger partial charge in [0.1, 0.15) is 5.82 Å². The summed E-state index contributed by atoms with van der Waals surface area (Å²) in [4.78, 5) is 6.98. The third-order valence-corrected chi connectivity index (χ3v) is 5.08. The number of pyridine rings is 1. The first kappa shape index (κ1) is 12.9. The van der Waals surface area contributed by atoms with Crippen LogP contribution in [-0.4, -0.2) is 23.2 Å². The van der Waals surface area contributed by atoms with Crippen LogP contribution in [0.2, 0.25) is 0 Å². The molecule has 0 radical (unpaired) electrons. The van der Waals surface area contributed by atoms with Gasteiger partial charge in [-0.25, -0.2) is 4.98 Å². The Balaban J connectivity index is 1.71. The van der Waals surface area contributed by atoms with E-state index in [-0.39, 0.29) is 6.61 Å². The molecule has 1 aliphatic carbocycles. The number of piperidine rings is 1. The van der Waals surface area contributed by atoms with Crippen LogP contribution in [0.25, 0.3) is 0 Å². The third-order valence-electron chi connectivity index (χ3n) is 5.08. The summed E-state index contributed by atoms with van der Waals surface area (Å²) in [7, 11) is 0. The normalized spacial score (nSPS) is 22.1. The molecule has 104 valence electrons. The Bertz CT molecular complexity index is 442. The highest BCUT2D eigenvalue weighted by atomic mass is 16.3. The van der Waals surface area contributed by atoms with Crippen molar-refractivity contribution in [1.29, 1.82) is 0 Å². The summed E-state index contributed by atoms with van der Waals surface area (Å²) in [5.74, 6) is 1.12. The molecule has 19 heavy (non-hydrogen) atoms. The van der Waals surface area contributed by atoms with Gasteiger partial charge in [-0.2, -0.15) is 0 Å². The molecule has 0 unspecified atom stereocenters. The van der Waals surface area contributed by atoms with Gasteiger partial charge in [0.05, 0.1) is 6.61 Å². The zero-order chi connectivity index (χ0) is 13.3. The number of aryl methyl sites for hydroxylation is 1. The number of aliphatic hydroxyl groups is 1. The highest BCUT2D eigenvalue weighted by Gasteiger charge is 2.37. The van der Waals surface area contributed by atoms with Crippen LogP contribution < -0.4 is 4.90 Å². The van der Waals surface area contributed by atoms with E-state index >= 15 is 0 Å². The van der Waals surface area contributed by atoms with Crippen LogP contribution in [0.15, 0.2) is 12.3 Å². The fraction of sp³-hybridized carbons (Fsp3) is 0.688. The molecular formula is C16H24N2O. The summed E-state index contributed by atoms with van der Waals surface area (Å²) in [6, 6.07) is 2.06. The molecule has 1 saturated carbocycles. The standard InChI is InChI=1S/C16H24N2O/c1-13-10-14(12-19)11-17-15(13)18-8-6-16(7-9-18)4-2-3-5-16/h10-11,19H,2-9,12H2,1H3. The molecule has 3 rings (SSSR count). The Morgan fingerprint density at radius 3 is 2.47 bits per heavy atom. The van der Waals surface area contributed by atoms with E-state index in [9.17, 15) is 0 Å². The van der Waals surface area contributed by atoms with Gasteiger partial charge in [-0.1, -0.05) is 12.8 Å². The average molecular weight is 260 g/mol. The molecule has 1 saturated heterocycles. The molecule has 1 spiro atoms. The number of aliphatic hydroxyl groups excluding tert-OH is 1. The quantitative estimate of drug-likeness (QED) is 0.888. The van der Waals surface area contributed by atoms with E-state index in [4.69, 9.17) is 5.11 Å². The van der Waals surface area contributed by atoms with Gasteiger partial charge in [-0.05, 0) is 55.2 Å². The second kappa shape index (κ2) is 5.12. The Hall–Kier alpha value is -1.09. The minimum atomic E-state index is 0.0806. The lowest BCUT2D eigenvalue weighted by Crippen LogP contribution is -2.39. The van der Waals surface area contributed by atoms with Crippen LogP contribution in [-0.2, 0) is 6.61 Å². The first-order valence-corrected chi connectivity index (χ1v) is 7.54. The maximum Gasteiger partial charge on any atom is 0.131 e. The average Bonchev–Trinajstić information content (AvgIpc) is 2.88. The summed E-state index contributed by atoms with van der Waals surface area (Å²) in [6.07, 6.45) is 10.2. The van der Waals surface area contributed by atoms with Crippen molar-refractivity contribution < 1.29 is 5.11 Å². The van der Waals surface area contributed by atoms with Crippen molar-refractivity contribution in [2.75, 3.05) is 18.0 Å². The van der Waals surface area contributed by atoms with Crippen LogP contribution in [0.4, 0.5) is 5.82 Å². The van der Waals surface area contributed by atoms with Crippen molar-refractivity contribution in [2.45, 2.75) is 52.1 Å². The molecule has 2 fully saturated rings. The molecule has 3 nitrogen and oxygen atoms in total. The lowest BCUT2D eigenvalue weighted by atomic mass is 9.77. The first-order valence-electron chi connectivity index (χ1n) is 7.54. The van der Waals surface area contributed by atoms with Crippen molar-refractivity contribution in [1.82, 2.24) is 4.98 Å².